The number of nitrogens with zero attached hydrogens (tertiary/aromatic N) is 3. The van der Waals surface area contributed by atoms with Crippen LogP contribution in [0, 0.1) is 20.8 Å². The van der Waals surface area contributed by atoms with Crippen molar-refractivity contribution in [1.82, 2.24) is 19.8 Å². The monoisotopic (exact) mass is 434 g/mol. The van der Waals surface area contributed by atoms with E-state index in [9.17, 15) is 0 Å². The van der Waals surface area contributed by atoms with Crippen LogP contribution in [0.5, 0.6) is 0 Å². The molecule has 162 valence electrons. The molecule has 5 nitrogen and oxygen atoms in total. The third-order valence-electron chi connectivity index (χ3n) is 6.03. The Bertz CT molecular complexity index is 1050. The van der Waals surface area contributed by atoms with Crippen LogP contribution in [-0.4, -0.2) is 39.8 Å². The Morgan fingerprint density at radius 3 is 2.55 bits per heavy atom. The summed E-state index contributed by atoms with van der Waals surface area (Å²) in [6.45, 7) is 8.03. The van der Waals surface area contributed by atoms with Gasteiger partial charge in [-0.05, 0) is 75.3 Å². The molecule has 6 heteroatoms. The van der Waals surface area contributed by atoms with E-state index in [1.807, 2.05) is 18.3 Å². The number of aryl methyl sites for hydroxylation is 2. The first kappa shape index (κ1) is 21.5. The minimum Gasteiger partial charge on any atom is -0.385 e. The molecule has 1 saturated heterocycles. The van der Waals surface area contributed by atoms with Gasteiger partial charge in [-0.3, -0.25) is 4.98 Å². The number of benzene rings is 1. The summed E-state index contributed by atoms with van der Waals surface area (Å²) in [5.41, 5.74) is 7.17. The minimum atomic E-state index is 0.00297. The van der Waals surface area contributed by atoms with Crippen LogP contribution < -0.4 is 5.32 Å². The second-order valence-electron chi connectivity index (χ2n) is 8.16. The Kier molecular flexibility index (Phi) is 6.39. The van der Waals surface area contributed by atoms with Gasteiger partial charge in [-0.1, -0.05) is 23.8 Å². The summed E-state index contributed by atoms with van der Waals surface area (Å²) in [6, 6.07) is 17.1. The fourth-order valence-electron chi connectivity index (χ4n) is 4.54. The predicted octanol–water partition coefficient (Wildman–Crippen LogP) is 4.81. The summed E-state index contributed by atoms with van der Waals surface area (Å²) in [6.07, 6.45) is 2.76. The predicted molar refractivity (Wildman–Crippen MR) is 129 cm³/mol. The van der Waals surface area contributed by atoms with Crippen molar-refractivity contribution in [3.05, 3.63) is 82.9 Å². The summed E-state index contributed by atoms with van der Waals surface area (Å²) in [5, 5.41) is 4.32. The molecule has 3 aromatic rings. The lowest BCUT2D eigenvalue weighted by Gasteiger charge is -2.28. The molecule has 2 aromatic heterocycles. The van der Waals surface area contributed by atoms with Crippen molar-refractivity contribution in [3.63, 3.8) is 0 Å². The van der Waals surface area contributed by atoms with Crippen molar-refractivity contribution >= 4 is 17.3 Å². The molecule has 0 bridgehead atoms. The lowest BCUT2D eigenvalue weighted by Crippen LogP contribution is -2.31. The summed E-state index contributed by atoms with van der Waals surface area (Å²) in [5.74, 6) is 0. The number of ether oxygens (including phenoxy) is 1. The van der Waals surface area contributed by atoms with Crippen LogP contribution in [0.2, 0.25) is 0 Å². The molecule has 1 fully saturated rings. The fourth-order valence-corrected chi connectivity index (χ4v) is 4.87. The van der Waals surface area contributed by atoms with Gasteiger partial charge in [-0.2, -0.15) is 0 Å². The molecule has 3 heterocycles. The van der Waals surface area contributed by atoms with Gasteiger partial charge in [0.15, 0.2) is 5.11 Å². The molecule has 2 atom stereocenters. The molecule has 1 aromatic carbocycles. The molecule has 0 aliphatic carbocycles. The van der Waals surface area contributed by atoms with E-state index in [4.69, 9.17) is 17.0 Å². The smallest absolute Gasteiger partial charge is 0.170 e. The number of hydrogen-bond acceptors (Lipinski definition) is 3. The lowest BCUT2D eigenvalue weighted by molar-refractivity contribution is 0.180. The molecular formula is C25H30N4OS. The Morgan fingerprint density at radius 2 is 1.87 bits per heavy atom. The SMILES string of the molecule is COCCCN1C(=S)N[C@H](c2ccccn2)[C@H]1c1cc(C)n(-c2ccc(C)cc2)c1C. The molecule has 0 amide bonds. The van der Waals surface area contributed by atoms with Crippen molar-refractivity contribution in [2.45, 2.75) is 39.3 Å². The number of methoxy groups -OCH3 is 1. The van der Waals surface area contributed by atoms with Crippen molar-refractivity contribution in [3.8, 4) is 5.69 Å². The number of aromatic nitrogens is 2. The maximum atomic E-state index is 5.77. The summed E-state index contributed by atoms with van der Waals surface area (Å²) >= 11 is 5.77. The largest absolute Gasteiger partial charge is 0.385 e. The first-order valence-electron chi connectivity index (χ1n) is 10.7. The molecule has 0 unspecified atom stereocenters. The zero-order valence-corrected chi connectivity index (χ0v) is 19.4. The van der Waals surface area contributed by atoms with Crippen LogP contribution in [0.15, 0.2) is 54.7 Å². The van der Waals surface area contributed by atoms with Gasteiger partial charge in [0.05, 0.1) is 17.8 Å². The van der Waals surface area contributed by atoms with Crippen LogP contribution >= 0.6 is 12.2 Å². The normalized spacial score (nSPS) is 18.5. The highest BCUT2D eigenvalue weighted by molar-refractivity contribution is 7.80. The van der Waals surface area contributed by atoms with Crippen molar-refractivity contribution < 1.29 is 4.74 Å². The van der Waals surface area contributed by atoms with Gasteiger partial charge >= 0.3 is 0 Å². The standard InChI is InChI=1S/C25H30N4OS/c1-17-9-11-20(12-10-17)29-18(2)16-21(19(29)3)24-23(22-8-5-6-13-26-22)27-25(31)28(24)14-7-15-30-4/h5-6,8-13,16,23-24H,7,14-15H2,1-4H3,(H,27,31)/t23-,24-/m1/s1. The number of nitrogens with one attached hydrogen (secondary N) is 1. The summed E-state index contributed by atoms with van der Waals surface area (Å²) in [7, 11) is 1.74. The molecular weight excluding hydrogens is 404 g/mol. The van der Waals surface area contributed by atoms with Crippen LogP contribution in [-0.2, 0) is 4.74 Å². The first-order valence-corrected chi connectivity index (χ1v) is 11.1. The third kappa shape index (κ3) is 4.23. The Hall–Kier alpha value is -2.70. The summed E-state index contributed by atoms with van der Waals surface area (Å²) in [4.78, 5) is 6.95. The maximum absolute atomic E-state index is 5.77. The summed E-state index contributed by atoms with van der Waals surface area (Å²) < 4.78 is 7.63. The topological polar surface area (TPSA) is 42.3 Å². The van der Waals surface area contributed by atoms with E-state index < -0.39 is 0 Å². The van der Waals surface area contributed by atoms with E-state index in [0.717, 1.165) is 23.8 Å². The molecule has 1 N–H and O–H groups in total. The first-order chi connectivity index (χ1) is 15.0. The quantitative estimate of drug-likeness (QED) is 0.427. The number of rotatable bonds is 7. The average molecular weight is 435 g/mol. The van der Waals surface area contributed by atoms with Gasteiger partial charge in [-0.25, -0.2) is 0 Å². The highest BCUT2D eigenvalue weighted by Gasteiger charge is 2.41. The molecule has 4 rings (SSSR count). The zero-order valence-electron chi connectivity index (χ0n) is 18.6. The van der Waals surface area contributed by atoms with E-state index in [0.29, 0.717) is 6.61 Å². The van der Waals surface area contributed by atoms with Crippen molar-refractivity contribution in [2.75, 3.05) is 20.3 Å². The maximum Gasteiger partial charge on any atom is 0.170 e. The van der Waals surface area contributed by atoms with Gasteiger partial charge in [0.25, 0.3) is 0 Å². The minimum absolute atomic E-state index is 0.00297. The van der Waals surface area contributed by atoms with Crippen LogP contribution in [0.1, 0.15) is 46.7 Å². The number of hydrogen-bond donors (Lipinski definition) is 1. The van der Waals surface area contributed by atoms with Gasteiger partial charge in [0.1, 0.15) is 0 Å². The fraction of sp³-hybridized carbons (Fsp3) is 0.360. The zero-order chi connectivity index (χ0) is 22.0. The van der Waals surface area contributed by atoms with Gasteiger partial charge in [-0.15, -0.1) is 0 Å². The average Bonchev–Trinajstić information content (AvgIpc) is 3.25. The van der Waals surface area contributed by atoms with Gasteiger partial charge in [0.2, 0.25) is 0 Å². The van der Waals surface area contributed by atoms with E-state index in [-0.39, 0.29) is 12.1 Å². The molecule has 0 saturated carbocycles. The van der Waals surface area contributed by atoms with Crippen LogP contribution in [0.25, 0.3) is 5.69 Å². The van der Waals surface area contributed by atoms with E-state index in [2.05, 4.69) is 76.9 Å². The highest BCUT2D eigenvalue weighted by Crippen LogP contribution is 2.41. The van der Waals surface area contributed by atoms with Gasteiger partial charge in [0, 0.05) is 43.5 Å². The highest BCUT2D eigenvalue weighted by atomic mass is 32.1. The van der Waals surface area contributed by atoms with Crippen LogP contribution in [0.3, 0.4) is 0 Å². The second-order valence-corrected chi connectivity index (χ2v) is 8.55. The second kappa shape index (κ2) is 9.20. The third-order valence-corrected chi connectivity index (χ3v) is 6.38. The Balaban J connectivity index is 1.78. The molecule has 31 heavy (non-hydrogen) atoms. The number of thiocarbonyl (C=S) groups is 1. The van der Waals surface area contributed by atoms with E-state index in [1.165, 1.54) is 28.2 Å². The molecule has 0 spiro atoms. The van der Waals surface area contributed by atoms with Crippen molar-refractivity contribution in [1.29, 1.82) is 0 Å². The number of pyridine rings is 1. The Labute approximate surface area is 190 Å². The molecule has 1 aliphatic rings. The van der Waals surface area contributed by atoms with Crippen molar-refractivity contribution in [2.24, 2.45) is 0 Å². The lowest BCUT2D eigenvalue weighted by atomic mass is 9.96. The molecule has 0 radical (unpaired) electrons. The Morgan fingerprint density at radius 1 is 1.10 bits per heavy atom. The van der Waals surface area contributed by atoms with Gasteiger partial charge < -0.3 is 19.5 Å². The molecule has 1 aliphatic heterocycles. The van der Waals surface area contributed by atoms with Crippen LogP contribution in [0.4, 0.5) is 0 Å². The van der Waals surface area contributed by atoms with E-state index in [1.54, 1.807) is 7.11 Å². The van der Waals surface area contributed by atoms with E-state index >= 15 is 0 Å².